The van der Waals surface area contributed by atoms with Gasteiger partial charge in [0.2, 0.25) is 0 Å². The van der Waals surface area contributed by atoms with Crippen LogP contribution in [0.2, 0.25) is 0 Å². The van der Waals surface area contributed by atoms with E-state index in [2.05, 4.69) is 6.58 Å². The number of hydroxylamine groups is 3. The fraction of sp³-hybridized carbons (Fsp3) is 0.643. The van der Waals surface area contributed by atoms with Crippen LogP contribution in [0.3, 0.4) is 0 Å². The van der Waals surface area contributed by atoms with Crippen molar-refractivity contribution in [3.8, 4) is 0 Å². The molecule has 22 heavy (non-hydrogen) atoms. The highest BCUT2D eigenvalue weighted by molar-refractivity contribution is 5.88. The van der Waals surface area contributed by atoms with E-state index in [1.807, 2.05) is 0 Å². The Hall–Kier alpha value is -1.93. The van der Waals surface area contributed by atoms with Gasteiger partial charge in [0, 0.05) is 12.8 Å². The first kappa shape index (κ1) is 18.1. The maximum Gasteiger partial charge on any atom is 0.370 e. The predicted octanol–water partition coefficient (Wildman–Crippen LogP) is 0.312. The van der Waals surface area contributed by atoms with Crippen LogP contribution in [0.25, 0.3) is 0 Å². The molecule has 1 unspecified atom stereocenters. The highest BCUT2D eigenvalue weighted by Crippen LogP contribution is 2.23. The van der Waals surface area contributed by atoms with Gasteiger partial charge in [0.05, 0.1) is 12.8 Å². The van der Waals surface area contributed by atoms with Crippen molar-refractivity contribution in [3.05, 3.63) is 12.7 Å². The first-order chi connectivity index (χ1) is 10.2. The number of hydrogen-bond donors (Lipinski definition) is 3. The second kappa shape index (κ2) is 7.37. The van der Waals surface area contributed by atoms with E-state index in [0.717, 1.165) is 19.3 Å². The van der Waals surface area contributed by atoms with E-state index in [0.29, 0.717) is 19.6 Å². The van der Waals surface area contributed by atoms with Crippen molar-refractivity contribution < 1.29 is 39.2 Å². The van der Waals surface area contributed by atoms with Gasteiger partial charge in [-0.25, -0.2) is 9.59 Å². The molecular formula is C14H22NO7+. The normalized spacial score (nSPS) is 19.7. The number of carbonyl (C=O) groups excluding carboxylic acids is 1. The highest BCUT2D eigenvalue weighted by atomic mass is 16.7. The molecule has 0 aromatic heterocycles. The summed E-state index contributed by atoms with van der Waals surface area (Å²) in [7, 11) is 0. The molecule has 0 radical (unpaired) electrons. The van der Waals surface area contributed by atoms with Gasteiger partial charge in [0.25, 0.3) is 0 Å². The van der Waals surface area contributed by atoms with Crippen molar-refractivity contribution >= 4 is 17.9 Å². The molecule has 1 atom stereocenters. The summed E-state index contributed by atoms with van der Waals surface area (Å²) < 4.78 is 0.00506. The second-order valence-corrected chi connectivity index (χ2v) is 5.58. The van der Waals surface area contributed by atoms with Gasteiger partial charge in [0.1, 0.15) is 19.6 Å². The predicted molar refractivity (Wildman–Crippen MR) is 74.5 cm³/mol. The van der Waals surface area contributed by atoms with E-state index in [4.69, 9.17) is 15.1 Å². The number of aliphatic hydroxyl groups is 1. The molecule has 1 heterocycles. The Kier molecular flexibility index (Phi) is 6.07. The SMILES string of the molecule is C=CC[N+]1(OC(=O)CC(O)(CC(=O)O)C(=O)O)CCCCC1. The molecule has 1 rings (SSSR count). The van der Waals surface area contributed by atoms with E-state index >= 15 is 0 Å². The van der Waals surface area contributed by atoms with Crippen LogP contribution in [-0.4, -0.2) is 63.1 Å². The molecule has 1 aliphatic rings. The molecule has 8 heteroatoms. The number of likely N-dealkylation sites (tertiary alicyclic amines) is 1. The molecular weight excluding hydrogens is 294 g/mol. The topological polar surface area (TPSA) is 121 Å². The number of hydrogen-bond acceptors (Lipinski definition) is 5. The van der Waals surface area contributed by atoms with Crippen LogP contribution in [-0.2, 0) is 19.2 Å². The number of carbonyl (C=O) groups is 3. The van der Waals surface area contributed by atoms with Gasteiger partial charge in [-0.2, -0.15) is 0 Å². The Morgan fingerprint density at radius 3 is 2.18 bits per heavy atom. The third kappa shape index (κ3) is 4.81. The lowest BCUT2D eigenvalue weighted by molar-refractivity contribution is -1.09. The quantitative estimate of drug-likeness (QED) is 0.435. The van der Waals surface area contributed by atoms with Gasteiger partial charge in [-0.3, -0.25) is 9.63 Å². The summed E-state index contributed by atoms with van der Waals surface area (Å²) in [5, 5.41) is 27.5. The lowest BCUT2D eigenvalue weighted by atomic mass is 9.96. The largest absolute Gasteiger partial charge is 0.481 e. The second-order valence-electron chi connectivity index (χ2n) is 5.58. The number of piperidine rings is 1. The summed E-state index contributed by atoms with van der Waals surface area (Å²) in [5.41, 5.74) is -2.67. The van der Waals surface area contributed by atoms with Crippen LogP contribution in [0.4, 0.5) is 0 Å². The van der Waals surface area contributed by atoms with E-state index in [9.17, 15) is 19.5 Å². The molecule has 0 aliphatic carbocycles. The van der Waals surface area contributed by atoms with Crippen LogP contribution >= 0.6 is 0 Å². The van der Waals surface area contributed by atoms with Crippen LogP contribution in [0.5, 0.6) is 0 Å². The van der Waals surface area contributed by atoms with E-state index in [1.54, 1.807) is 6.08 Å². The van der Waals surface area contributed by atoms with E-state index in [1.165, 1.54) is 0 Å². The summed E-state index contributed by atoms with van der Waals surface area (Å²) in [4.78, 5) is 39.1. The van der Waals surface area contributed by atoms with Crippen molar-refractivity contribution in [2.45, 2.75) is 37.7 Å². The third-order valence-electron chi connectivity index (χ3n) is 3.67. The van der Waals surface area contributed by atoms with Crippen LogP contribution < -0.4 is 0 Å². The zero-order valence-corrected chi connectivity index (χ0v) is 12.4. The first-order valence-corrected chi connectivity index (χ1v) is 7.10. The van der Waals surface area contributed by atoms with Crippen LogP contribution in [0.1, 0.15) is 32.1 Å². The molecule has 8 nitrogen and oxygen atoms in total. The molecule has 3 N–H and O–H groups in total. The molecule has 0 amide bonds. The zero-order chi connectivity index (χ0) is 16.8. The minimum absolute atomic E-state index is 0.00506. The number of quaternary nitrogens is 1. The molecule has 0 aromatic carbocycles. The Balaban J connectivity index is 2.78. The summed E-state index contributed by atoms with van der Waals surface area (Å²) in [6.45, 7) is 5.18. The monoisotopic (exact) mass is 316 g/mol. The Bertz CT molecular complexity index is 456. The minimum Gasteiger partial charge on any atom is -0.481 e. The minimum atomic E-state index is -2.67. The zero-order valence-electron chi connectivity index (χ0n) is 12.4. The Morgan fingerprint density at radius 1 is 1.14 bits per heavy atom. The number of aliphatic carboxylic acids is 2. The maximum atomic E-state index is 12.0. The molecule has 1 aliphatic heterocycles. The molecule has 124 valence electrons. The van der Waals surface area contributed by atoms with Gasteiger partial charge < -0.3 is 15.3 Å². The summed E-state index contributed by atoms with van der Waals surface area (Å²) in [6, 6.07) is 0. The van der Waals surface area contributed by atoms with Crippen molar-refractivity contribution in [2.75, 3.05) is 19.6 Å². The lowest BCUT2D eigenvalue weighted by Crippen LogP contribution is -2.54. The Morgan fingerprint density at radius 2 is 1.73 bits per heavy atom. The lowest BCUT2D eigenvalue weighted by Gasteiger charge is -2.37. The van der Waals surface area contributed by atoms with Gasteiger partial charge >= 0.3 is 17.9 Å². The van der Waals surface area contributed by atoms with Crippen LogP contribution in [0, 0.1) is 0 Å². The van der Waals surface area contributed by atoms with Crippen molar-refractivity contribution in [1.29, 1.82) is 0 Å². The third-order valence-corrected chi connectivity index (χ3v) is 3.67. The van der Waals surface area contributed by atoms with E-state index in [-0.39, 0.29) is 4.65 Å². The molecule has 0 aromatic rings. The van der Waals surface area contributed by atoms with Gasteiger partial charge in [-0.1, -0.05) is 6.58 Å². The van der Waals surface area contributed by atoms with Crippen molar-refractivity contribution in [3.63, 3.8) is 0 Å². The molecule has 1 fully saturated rings. The summed E-state index contributed by atoms with van der Waals surface area (Å²) in [6.07, 6.45) is 2.37. The van der Waals surface area contributed by atoms with Gasteiger partial charge in [0.15, 0.2) is 5.60 Å². The summed E-state index contributed by atoms with van der Waals surface area (Å²) in [5.74, 6) is -4.21. The van der Waals surface area contributed by atoms with Crippen LogP contribution in [0.15, 0.2) is 12.7 Å². The van der Waals surface area contributed by atoms with Crippen molar-refractivity contribution in [2.24, 2.45) is 0 Å². The molecule has 0 saturated carbocycles. The van der Waals surface area contributed by atoms with E-state index < -0.39 is 36.4 Å². The van der Waals surface area contributed by atoms with Gasteiger partial charge in [-0.15, -0.1) is 4.65 Å². The number of carboxylic acids is 2. The fourth-order valence-electron chi connectivity index (χ4n) is 2.59. The standard InChI is InChI=1S/C14H21NO7/c1-2-6-15(7-4-3-5-8-15)22-12(18)10-14(21,13(19)20)9-11(16)17/h2,21H,1,3-10H2,(H-,16,17,19,20)/p+1. The summed E-state index contributed by atoms with van der Waals surface area (Å²) >= 11 is 0. The maximum absolute atomic E-state index is 12.0. The average Bonchev–Trinajstić information content (AvgIpc) is 2.38. The molecule has 0 bridgehead atoms. The van der Waals surface area contributed by atoms with Crippen molar-refractivity contribution in [1.82, 2.24) is 0 Å². The van der Waals surface area contributed by atoms with Gasteiger partial charge in [-0.05, 0) is 12.5 Å². The smallest absolute Gasteiger partial charge is 0.370 e. The number of carboxylic acid groups (broad SMARTS) is 2. The Labute approximate surface area is 128 Å². The number of nitrogens with zero attached hydrogens (tertiary/aromatic N) is 1. The molecule has 1 saturated heterocycles. The fourth-order valence-corrected chi connectivity index (χ4v) is 2.59. The average molecular weight is 316 g/mol. The molecule has 0 spiro atoms. The first-order valence-electron chi connectivity index (χ1n) is 7.10. The highest BCUT2D eigenvalue weighted by Gasteiger charge is 2.44. The number of rotatable bonds is 8.